The van der Waals surface area contributed by atoms with E-state index >= 15 is 0 Å². The lowest BCUT2D eigenvalue weighted by atomic mass is 9.76. The fourth-order valence-electron chi connectivity index (χ4n) is 2.45. The summed E-state index contributed by atoms with van der Waals surface area (Å²) in [5.41, 5.74) is -3.00. The van der Waals surface area contributed by atoms with E-state index in [0.29, 0.717) is 0 Å². The lowest BCUT2D eigenvalue weighted by Crippen LogP contribution is -2.54. The maximum Gasteiger partial charge on any atom is 0.350 e. The zero-order chi connectivity index (χ0) is 11.7. The molecular weight excluding hydrogens is 280 g/mol. The number of cyclic esters (lactones) is 1. The molecule has 2 fully saturated rings. The summed E-state index contributed by atoms with van der Waals surface area (Å²) in [6.45, 7) is 1.67. The van der Waals surface area contributed by atoms with E-state index in [9.17, 15) is 14.4 Å². The standard InChI is InChI=1S/C10H7BrO5/c1-4-3-9-6(12)2-5(11)7(13)10(9,16-9)8(14)15-4/h2,4H,3H2,1H3/t4-,9-,10-/m0/s1. The van der Waals surface area contributed by atoms with Crippen LogP contribution < -0.4 is 0 Å². The number of epoxide rings is 1. The second-order valence-electron chi connectivity index (χ2n) is 4.22. The van der Waals surface area contributed by atoms with Gasteiger partial charge in [0.2, 0.25) is 5.78 Å². The second-order valence-corrected chi connectivity index (χ2v) is 5.07. The van der Waals surface area contributed by atoms with E-state index in [1.807, 2.05) is 0 Å². The van der Waals surface area contributed by atoms with Crippen LogP contribution in [0.5, 0.6) is 0 Å². The van der Waals surface area contributed by atoms with Crippen molar-refractivity contribution in [1.29, 1.82) is 0 Å². The van der Waals surface area contributed by atoms with Crippen molar-refractivity contribution >= 4 is 33.5 Å². The van der Waals surface area contributed by atoms with Crippen LogP contribution in [-0.2, 0) is 23.9 Å². The van der Waals surface area contributed by atoms with E-state index in [1.54, 1.807) is 6.92 Å². The third kappa shape index (κ3) is 0.846. The Hall–Kier alpha value is -1.01. The highest BCUT2D eigenvalue weighted by Gasteiger charge is 2.86. The summed E-state index contributed by atoms with van der Waals surface area (Å²) in [5, 5.41) is 0. The first kappa shape index (κ1) is 10.2. The summed E-state index contributed by atoms with van der Waals surface area (Å²) in [7, 11) is 0. The van der Waals surface area contributed by atoms with Crippen molar-refractivity contribution in [2.45, 2.75) is 30.7 Å². The van der Waals surface area contributed by atoms with Gasteiger partial charge in [0, 0.05) is 12.5 Å². The van der Waals surface area contributed by atoms with Gasteiger partial charge >= 0.3 is 5.97 Å². The van der Waals surface area contributed by atoms with Crippen LogP contribution in [0.2, 0.25) is 0 Å². The zero-order valence-corrected chi connectivity index (χ0v) is 9.87. The van der Waals surface area contributed by atoms with Crippen LogP contribution in [0.15, 0.2) is 10.6 Å². The van der Waals surface area contributed by atoms with E-state index in [1.165, 1.54) is 6.08 Å². The van der Waals surface area contributed by atoms with Gasteiger partial charge in [-0.05, 0) is 22.9 Å². The van der Waals surface area contributed by atoms with Crippen LogP contribution >= 0.6 is 15.9 Å². The smallest absolute Gasteiger partial charge is 0.350 e. The molecule has 1 aliphatic carbocycles. The number of ketones is 2. The van der Waals surface area contributed by atoms with Gasteiger partial charge in [-0.3, -0.25) is 9.59 Å². The quantitative estimate of drug-likeness (QED) is 0.363. The molecule has 0 unspecified atom stereocenters. The van der Waals surface area contributed by atoms with Crippen LogP contribution in [0.1, 0.15) is 13.3 Å². The van der Waals surface area contributed by atoms with Crippen molar-refractivity contribution in [2.75, 3.05) is 0 Å². The monoisotopic (exact) mass is 286 g/mol. The van der Waals surface area contributed by atoms with Crippen molar-refractivity contribution in [3.8, 4) is 0 Å². The number of carbonyl (C=O) groups is 3. The Labute approximate surface area is 98.9 Å². The average molecular weight is 287 g/mol. The molecule has 2 heterocycles. The van der Waals surface area contributed by atoms with Gasteiger partial charge in [-0.1, -0.05) is 0 Å². The highest BCUT2D eigenvalue weighted by molar-refractivity contribution is 9.12. The molecule has 0 spiro atoms. The molecule has 3 rings (SSSR count). The molecule has 0 N–H and O–H groups in total. The summed E-state index contributed by atoms with van der Waals surface area (Å²) >= 11 is 2.96. The van der Waals surface area contributed by atoms with E-state index in [-0.39, 0.29) is 16.7 Å². The van der Waals surface area contributed by atoms with Crippen molar-refractivity contribution in [3.63, 3.8) is 0 Å². The minimum Gasteiger partial charge on any atom is -0.460 e. The molecule has 5 nitrogen and oxygen atoms in total. The molecule has 0 aromatic rings. The molecule has 0 aromatic heterocycles. The molecular formula is C10H7BrO5. The van der Waals surface area contributed by atoms with Crippen molar-refractivity contribution in [3.05, 3.63) is 10.6 Å². The first-order chi connectivity index (χ1) is 7.44. The minimum atomic E-state index is -1.70. The fraction of sp³-hybridized carbons (Fsp3) is 0.500. The maximum atomic E-state index is 11.9. The van der Waals surface area contributed by atoms with E-state index in [4.69, 9.17) is 9.47 Å². The third-order valence-corrected chi connectivity index (χ3v) is 3.81. The van der Waals surface area contributed by atoms with Gasteiger partial charge < -0.3 is 9.47 Å². The minimum absolute atomic E-state index is 0.0668. The van der Waals surface area contributed by atoms with Gasteiger partial charge in [0.1, 0.15) is 6.10 Å². The van der Waals surface area contributed by atoms with E-state index in [0.717, 1.165) is 0 Å². The van der Waals surface area contributed by atoms with Crippen LogP contribution in [0.3, 0.4) is 0 Å². The molecule has 0 saturated carbocycles. The second kappa shape index (κ2) is 2.62. The summed E-state index contributed by atoms with van der Waals surface area (Å²) in [6, 6.07) is 0. The first-order valence-corrected chi connectivity index (χ1v) is 5.61. The predicted molar refractivity (Wildman–Crippen MR) is 53.7 cm³/mol. The van der Waals surface area contributed by atoms with Crippen LogP contribution in [0, 0.1) is 0 Å². The van der Waals surface area contributed by atoms with Crippen LogP contribution in [-0.4, -0.2) is 34.8 Å². The van der Waals surface area contributed by atoms with Gasteiger partial charge in [0.15, 0.2) is 11.4 Å². The molecule has 16 heavy (non-hydrogen) atoms. The molecule has 2 aliphatic heterocycles. The van der Waals surface area contributed by atoms with E-state index in [2.05, 4.69) is 15.9 Å². The van der Waals surface area contributed by atoms with Gasteiger partial charge in [0.05, 0.1) is 4.48 Å². The topological polar surface area (TPSA) is 73.0 Å². The number of Topliss-reactive ketones (excluding diaryl/α,β-unsaturated/α-hetero) is 1. The normalized spacial score (nSPS) is 45.5. The molecule has 2 saturated heterocycles. The number of hydrogen-bond donors (Lipinski definition) is 0. The lowest BCUT2D eigenvalue weighted by Gasteiger charge is -2.28. The molecule has 0 bridgehead atoms. The maximum absolute atomic E-state index is 11.9. The average Bonchev–Trinajstić information content (AvgIpc) is 2.87. The van der Waals surface area contributed by atoms with Gasteiger partial charge in [0.25, 0.3) is 5.60 Å². The Morgan fingerprint density at radius 1 is 1.44 bits per heavy atom. The Morgan fingerprint density at radius 2 is 2.12 bits per heavy atom. The largest absolute Gasteiger partial charge is 0.460 e. The summed E-state index contributed by atoms with van der Waals surface area (Å²) < 4.78 is 10.3. The highest BCUT2D eigenvalue weighted by Crippen LogP contribution is 2.59. The SMILES string of the molecule is C[C@H]1C[C@@]23O[C@]2(C(=O)O1)C(=O)C(Br)=CC3=O. The Kier molecular flexibility index (Phi) is 1.67. The third-order valence-electron chi connectivity index (χ3n) is 3.22. The first-order valence-electron chi connectivity index (χ1n) is 4.82. The number of carbonyl (C=O) groups excluding carboxylic acids is 3. The molecule has 3 atom stereocenters. The lowest BCUT2D eigenvalue weighted by molar-refractivity contribution is -0.161. The predicted octanol–water partition coefficient (Wildman–Crippen LogP) is 0.260. The van der Waals surface area contributed by atoms with Gasteiger partial charge in [-0.25, -0.2) is 4.79 Å². The number of hydrogen-bond acceptors (Lipinski definition) is 5. The number of halogens is 1. The molecule has 3 aliphatic rings. The van der Waals surface area contributed by atoms with Gasteiger partial charge in [-0.15, -0.1) is 0 Å². The molecule has 6 heteroatoms. The number of esters is 1. The van der Waals surface area contributed by atoms with Crippen molar-refractivity contribution in [1.82, 2.24) is 0 Å². The van der Waals surface area contributed by atoms with E-state index < -0.39 is 29.1 Å². The molecule has 84 valence electrons. The Balaban J connectivity index is 2.17. The fourth-order valence-corrected chi connectivity index (χ4v) is 2.94. The summed E-state index contributed by atoms with van der Waals surface area (Å²) in [6.07, 6.45) is 1.00. The van der Waals surface area contributed by atoms with Crippen molar-refractivity contribution < 1.29 is 23.9 Å². The molecule has 0 radical (unpaired) electrons. The highest BCUT2D eigenvalue weighted by atomic mass is 79.9. The van der Waals surface area contributed by atoms with Gasteiger partial charge in [-0.2, -0.15) is 0 Å². The zero-order valence-electron chi connectivity index (χ0n) is 8.28. The number of rotatable bonds is 0. The molecule has 0 amide bonds. The molecule has 0 aromatic carbocycles. The summed E-state index contributed by atoms with van der Waals surface area (Å²) in [4.78, 5) is 35.5. The van der Waals surface area contributed by atoms with Crippen molar-refractivity contribution in [2.24, 2.45) is 0 Å². The summed E-state index contributed by atoms with van der Waals surface area (Å²) in [5.74, 6) is -1.62. The van der Waals surface area contributed by atoms with Crippen LogP contribution in [0.25, 0.3) is 0 Å². The Bertz CT molecular complexity index is 482. The number of ether oxygens (including phenoxy) is 2. The van der Waals surface area contributed by atoms with Crippen LogP contribution in [0.4, 0.5) is 0 Å². The Morgan fingerprint density at radius 3 is 2.81 bits per heavy atom.